The van der Waals surface area contributed by atoms with E-state index in [2.05, 4.69) is 23.5 Å². The van der Waals surface area contributed by atoms with E-state index in [0.717, 1.165) is 18.5 Å². The van der Waals surface area contributed by atoms with Gasteiger partial charge in [-0.3, -0.25) is 16.0 Å². The molecule has 1 heterocycles. The van der Waals surface area contributed by atoms with E-state index in [1.807, 2.05) is 17.9 Å². The van der Waals surface area contributed by atoms with Gasteiger partial charge in [-0.2, -0.15) is 5.10 Å². The van der Waals surface area contributed by atoms with Crippen molar-refractivity contribution >= 4 is 0 Å². The lowest BCUT2D eigenvalue weighted by molar-refractivity contribution is 0.453. The molecule has 4 heteroatoms. The number of unbranched alkanes of at least 4 members (excludes halogenated alkanes) is 8. The summed E-state index contributed by atoms with van der Waals surface area (Å²) in [6.45, 7) is 2.27. The lowest BCUT2D eigenvalue weighted by Gasteiger charge is -2.14. The SMILES string of the molecule is CCCCCCCCCCCC(Cc1ccn(C)n1)NN. The highest BCUT2D eigenvalue weighted by atomic mass is 15.3. The summed E-state index contributed by atoms with van der Waals surface area (Å²) in [7, 11) is 1.95. The minimum Gasteiger partial charge on any atom is -0.276 e. The quantitative estimate of drug-likeness (QED) is 0.331. The summed E-state index contributed by atoms with van der Waals surface area (Å²) in [5.74, 6) is 5.65. The number of aryl methyl sites for hydroxylation is 1. The molecule has 0 fully saturated rings. The minimum absolute atomic E-state index is 0.351. The second-order valence-electron chi connectivity index (χ2n) is 6.17. The molecule has 0 aliphatic heterocycles. The van der Waals surface area contributed by atoms with Gasteiger partial charge >= 0.3 is 0 Å². The first-order chi connectivity index (χ1) is 10.3. The maximum atomic E-state index is 5.65. The molecule has 1 unspecified atom stereocenters. The van der Waals surface area contributed by atoms with Crippen LogP contribution in [0.25, 0.3) is 0 Å². The zero-order valence-electron chi connectivity index (χ0n) is 14.0. The number of rotatable bonds is 13. The lowest BCUT2D eigenvalue weighted by Crippen LogP contribution is -2.36. The third kappa shape index (κ3) is 8.89. The summed E-state index contributed by atoms with van der Waals surface area (Å²) < 4.78 is 1.85. The topological polar surface area (TPSA) is 55.9 Å². The summed E-state index contributed by atoms with van der Waals surface area (Å²) in [5.41, 5.74) is 4.06. The molecular formula is C17H34N4. The Kier molecular flexibility index (Phi) is 10.2. The van der Waals surface area contributed by atoms with Gasteiger partial charge in [0, 0.05) is 25.7 Å². The van der Waals surface area contributed by atoms with Crippen molar-refractivity contribution in [2.45, 2.75) is 83.6 Å². The molecule has 0 saturated heterocycles. The Bertz CT molecular complexity index is 348. The van der Waals surface area contributed by atoms with Gasteiger partial charge in [0.25, 0.3) is 0 Å². The Morgan fingerprint density at radius 3 is 2.24 bits per heavy atom. The first-order valence-corrected chi connectivity index (χ1v) is 8.71. The largest absolute Gasteiger partial charge is 0.276 e. The maximum absolute atomic E-state index is 5.65. The van der Waals surface area contributed by atoms with Gasteiger partial charge in [-0.05, 0) is 12.5 Å². The Morgan fingerprint density at radius 2 is 1.71 bits per heavy atom. The number of hydrogen-bond acceptors (Lipinski definition) is 3. The third-order valence-electron chi connectivity index (χ3n) is 4.12. The first kappa shape index (κ1) is 18.2. The molecule has 1 atom stereocenters. The van der Waals surface area contributed by atoms with Gasteiger partial charge in [0.05, 0.1) is 5.69 Å². The van der Waals surface area contributed by atoms with E-state index in [9.17, 15) is 0 Å². The van der Waals surface area contributed by atoms with Crippen LogP contribution in [0.1, 0.15) is 76.8 Å². The molecule has 0 amide bonds. The van der Waals surface area contributed by atoms with Crippen LogP contribution >= 0.6 is 0 Å². The van der Waals surface area contributed by atoms with Crippen LogP contribution in [0, 0.1) is 0 Å². The van der Waals surface area contributed by atoms with Crippen molar-refractivity contribution in [3.05, 3.63) is 18.0 Å². The maximum Gasteiger partial charge on any atom is 0.0640 e. The third-order valence-corrected chi connectivity index (χ3v) is 4.12. The molecule has 0 radical (unpaired) electrons. The monoisotopic (exact) mass is 294 g/mol. The zero-order valence-corrected chi connectivity index (χ0v) is 14.0. The molecule has 0 aromatic carbocycles. The predicted molar refractivity (Wildman–Crippen MR) is 89.9 cm³/mol. The van der Waals surface area contributed by atoms with E-state index in [1.54, 1.807) is 0 Å². The summed E-state index contributed by atoms with van der Waals surface area (Å²) in [4.78, 5) is 0. The van der Waals surface area contributed by atoms with E-state index < -0.39 is 0 Å². The van der Waals surface area contributed by atoms with Crippen molar-refractivity contribution in [3.8, 4) is 0 Å². The van der Waals surface area contributed by atoms with Crippen molar-refractivity contribution in [2.24, 2.45) is 12.9 Å². The Labute approximate surface area is 130 Å². The van der Waals surface area contributed by atoms with Crippen LogP contribution in [0.3, 0.4) is 0 Å². The van der Waals surface area contributed by atoms with Crippen LogP contribution in [0.15, 0.2) is 12.3 Å². The standard InChI is InChI=1S/C17H34N4/c1-3-4-5-6-7-8-9-10-11-12-16(19-18)15-17-13-14-21(2)20-17/h13-14,16,19H,3-12,15,18H2,1-2H3. The molecule has 4 nitrogen and oxygen atoms in total. The van der Waals surface area contributed by atoms with Crippen LogP contribution in [-0.2, 0) is 13.5 Å². The van der Waals surface area contributed by atoms with Gasteiger partial charge in [0.2, 0.25) is 0 Å². The normalized spacial score (nSPS) is 12.7. The average molecular weight is 294 g/mol. The Balaban J connectivity index is 1.99. The van der Waals surface area contributed by atoms with Crippen LogP contribution in [-0.4, -0.2) is 15.8 Å². The molecule has 0 spiro atoms. The summed E-state index contributed by atoms with van der Waals surface area (Å²) in [6, 6.07) is 2.42. The summed E-state index contributed by atoms with van der Waals surface area (Å²) in [6.07, 6.45) is 16.4. The Hall–Kier alpha value is -0.870. The van der Waals surface area contributed by atoms with Crippen molar-refractivity contribution in [1.82, 2.24) is 15.2 Å². The molecule has 1 aromatic heterocycles. The number of hydrazine groups is 1. The van der Waals surface area contributed by atoms with Gasteiger partial charge in [0.1, 0.15) is 0 Å². The average Bonchev–Trinajstić information content (AvgIpc) is 2.89. The predicted octanol–water partition coefficient (Wildman–Crippen LogP) is 3.72. The fourth-order valence-electron chi connectivity index (χ4n) is 2.77. The molecule has 21 heavy (non-hydrogen) atoms. The van der Waals surface area contributed by atoms with Crippen molar-refractivity contribution < 1.29 is 0 Å². The Morgan fingerprint density at radius 1 is 1.10 bits per heavy atom. The van der Waals surface area contributed by atoms with Crippen LogP contribution in [0.4, 0.5) is 0 Å². The number of hydrogen-bond donors (Lipinski definition) is 2. The highest BCUT2D eigenvalue weighted by Crippen LogP contribution is 2.12. The van der Waals surface area contributed by atoms with Gasteiger partial charge in [0.15, 0.2) is 0 Å². The number of nitrogens with two attached hydrogens (primary N) is 1. The molecular weight excluding hydrogens is 260 g/mol. The molecule has 3 N–H and O–H groups in total. The van der Waals surface area contributed by atoms with Gasteiger partial charge in [-0.25, -0.2) is 0 Å². The molecule has 122 valence electrons. The minimum atomic E-state index is 0.351. The van der Waals surface area contributed by atoms with E-state index in [4.69, 9.17) is 5.84 Å². The second-order valence-corrected chi connectivity index (χ2v) is 6.17. The smallest absolute Gasteiger partial charge is 0.0640 e. The van der Waals surface area contributed by atoms with Gasteiger partial charge in [-0.15, -0.1) is 0 Å². The molecule has 1 aromatic rings. The molecule has 0 aliphatic carbocycles. The number of nitrogens with one attached hydrogen (secondary N) is 1. The molecule has 0 bridgehead atoms. The first-order valence-electron chi connectivity index (χ1n) is 8.71. The van der Waals surface area contributed by atoms with Crippen LogP contribution in [0.2, 0.25) is 0 Å². The number of aromatic nitrogens is 2. The molecule has 0 aliphatic rings. The summed E-state index contributed by atoms with van der Waals surface area (Å²) >= 11 is 0. The molecule has 0 saturated carbocycles. The highest BCUT2D eigenvalue weighted by molar-refractivity contribution is 5.01. The van der Waals surface area contributed by atoms with Crippen molar-refractivity contribution in [3.63, 3.8) is 0 Å². The van der Waals surface area contributed by atoms with Crippen LogP contribution in [0.5, 0.6) is 0 Å². The number of nitrogens with zero attached hydrogens (tertiary/aromatic N) is 2. The van der Waals surface area contributed by atoms with E-state index in [1.165, 1.54) is 57.8 Å². The fourth-order valence-corrected chi connectivity index (χ4v) is 2.77. The fraction of sp³-hybridized carbons (Fsp3) is 0.824. The van der Waals surface area contributed by atoms with E-state index >= 15 is 0 Å². The van der Waals surface area contributed by atoms with Crippen molar-refractivity contribution in [1.29, 1.82) is 0 Å². The van der Waals surface area contributed by atoms with E-state index in [-0.39, 0.29) is 0 Å². The molecule has 1 rings (SSSR count). The second kappa shape index (κ2) is 11.8. The zero-order chi connectivity index (χ0) is 15.3. The van der Waals surface area contributed by atoms with Gasteiger partial charge in [-0.1, -0.05) is 64.7 Å². The van der Waals surface area contributed by atoms with E-state index in [0.29, 0.717) is 6.04 Å². The van der Waals surface area contributed by atoms with Crippen molar-refractivity contribution in [2.75, 3.05) is 0 Å². The lowest BCUT2D eigenvalue weighted by atomic mass is 10.0. The van der Waals surface area contributed by atoms with Gasteiger partial charge < -0.3 is 0 Å². The summed E-state index contributed by atoms with van der Waals surface area (Å²) in [5, 5.41) is 4.41. The highest BCUT2D eigenvalue weighted by Gasteiger charge is 2.09. The van der Waals surface area contributed by atoms with Crippen LogP contribution < -0.4 is 11.3 Å².